The van der Waals surface area contributed by atoms with Crippen LogP contribution in [-0.2, 0) is 0 Å². The molecule has 2 N–H and O–H groups in total. The van der Waals surface area contributed by atoms with Crippen LogP contribution in [0.15, 0.2) is 71.8 Å². The summed E-state index contributed by atoms with van der Waals surface area (Å²) in [6.45, 7) is 4.70. The number of halogens is 1. The lowest BCUT2D eigenvalue weighted by molar-refractivity contribution is 0.0728. The maximum absolute atomic E-state index is 12.6. The van der Waals surface area contributed by atoms with Gasteiger partial charge in [0, 0.05) is 10.7 Å². The first kappa shape index (κ1) is 25.0. The Kier molecular flexibility index (Phi) is 9.25. The van der Waals surface area contributed by atoms with Crippen molar-refractivity contribution in [2.75, 3.05) is 18.5 Å². The van der Waals surface area contributed by atoms with Crippen molar-refractivity contribution in [3.05, 3.63) is 82.9 Å². The van der Waals surface area contributed by atoms with Crippen molar-refractivity contribution in [2.24, 2.45) is 5.10 Å². The smallest absolute Gasteiger partial charge is 0.343 e. The predicted octanol–water partition coefficient (Wildman–Crippen LogP) is 5.68. The zero-order chi connectivity index (χ0) is 24.3. The van der Waals surface area contributed by atoms with Gasteiger partial charge in [0.1, 0.15) is 5.75 Å². The molecule has 0 aliphatic heterocycles. The Balaban J connectivity index is 1.63. The third-order valence-electron chi connectivity index (χ3n) is 4.33. The van der Waals surface area contributed by atoms with Crippen molar-refractivity contribution >= 4 is 46.8 Å². The van der Waals surface area contributed by atoms with E-state index >= 15 is 0 Å². The Morgan fingerprint density at radius 1 is 1.00 bits per heavy atom. The van der Waals surface area contributed by atoms with Crippen LogP contribution in [-0.4, -0.2) is 30.5 Å². The maximum atomic E-state index is 12.6. The summed E-state index contributed by atoms with van der Waals surface area (Å²) in [5.74, 6) is 0.924. The number of hydrazone groups is 1. The molecule has 0 aliphatic carbocycles. The van der Waals surface area contributed by atoms with Crippen molar-refractivity contribution < 1.29 is 19.0 Å². The molecule has 0 spiro atoms. The van der Waals surface area contributed by atoms with Gasteiger partial charge in [-0.05, 0) is 92.3 Å². The number of hydrogen-bond acceptors (Lipinski definition) is 6. The second-order valence-corrected chi connectivity index (χ2v) is 7.67. The lowest BCUT2D eigenvalue weighted by Gasteiger charge is -2.12. The highest BCUT2D eigenvalue weighted by Gasteiger charge is 2.13. The second-order valence-electron chi connectivity index (χ2n) is 6.82. The van der Waals surface area contributed by atoms with Gasteiger partial charge in [0.25, 0.3) is 0 Å². The predicted molar refractivity (Wildman–Crippen MR) is 139 cm³/mol. The lowest BCUT2D eigenvalue weighted by Crippen LogP contribution is -2.23. The Morgan fingerprint density at radius 3 is 2.47 bits per heavy atom. The summed E-state index contributed by atoms with van der Waals surface area (Å²) in [6.07, 6.45) is 1.58. The summed E-state index contributed by atoms with van der Waals surface area (Å²) >= 11 is 11.2. The number of anilines is 1. The van der Waals surface area contributed by atoms with E-state index in [1.54, 1.807) is 60.8 Å². The van der Waals surface area contributed by atoms with Crippen molar-refractivity contribution in [2.45, 2.75) is 13.8 Å². The molecule has 0 saturated carbocycles. The summed E-state index contributed by atoms with van der Waals surface area (Å²) in [6, 6.07) is 19.1. The summed E-state index contributed by atoms with van der Waals surface area (Å²) in [7, 11) is 0. The molecule has 7 nitrogen and oxygen atoms in total. The van der Waals surface area contributed by atoms with Crippen LogP contribution in [0.5, 0.6) is 17.2 Å². The van der Waals surface area contributed by atoms with Crippen LogP contribution >= 0.6 is 23.8 Å². The Labute approximate surface area is 208 Å². The van der Waals surface area contributed by atoms with Gasteiger partial charge in [0.05, 0.1) is 25.0 Å². The fraction of sp³-hybridized carbons (Fsp3) is 0.160. The zero-order valence-corrected chi connectivity index (χ0v) is 20.3. The summed E-state index contributed by atoms with van der Waals surface area (Å²) in [5.41, 5.74) is 4.62. The van der Waals surface area contributed by atoms with Gasteiger partial charge in [-0.2, -0.15) is 5.10 Å². The van der Waals surface area contributed by atoms with E-state index in [2.05, 4.69) is 15.8 Å². The SMILES string of the molecule is CCOc1ccc(C(=O)Oc2ccc(C=NNC(=S)Nc3cccc(Cl)c3)cc2OCC)cc1. The number of rotatable bonds is 9. The average Bonchev–Trinajstić information content (AvgIpc) is 2.81. The molecule has 0 aliphatic rings. The number of nitrogens with zero attached hydrogens (tertiary/aromatic N) is 1. The number of esters is 1. The monoisotopic (exact) mass is 497 g/mol. The van der Waals surface area contributed by atoms with E-state index in [4.69, 9.17) is 38.0 Å². The molecular weight excluding hydrogens is 474 g/mol. The first-order chi connectivity index (χ1) is 16.5. The van der Waals surface area contributed by atoms with E-state index < -0.39 is 5.97 Å². The number of hydrogen-bond donors (Lipinski definition) is 2. The molecule has 3 rings (SSSR count). The van der Waals surface area contributed by atoms with Crippen LogP contribution in [0, 0.1) is 0 Å². The molecule has 0 bridgehead atoms. The fourth-order valence-corrected chi connectivity index (χ4v) is 3.22. The number of nitrogens with one attached hydrogen (secondary N) is 2. The van der Waals surface area contributed by atoms with Crippen molar-refractivity contribution in [1.29, 1.82) is 0 Å². The Hall–Kier alpha value is -3.62. The molecule has 0 fully saturated rings. The maximum Gasteiger partial charge on any atom is 0.343 e. The average molecular weight is 498 g/mol. The molecule has 34 heavy (non-hydrogen) atoms. The standard InChI is InChI=1S/C25H24ClN3O4S/c1-3-31-21-11-9-18(10-12-21)24(30)33-22-13-8-17(14-23(22)32-4-2)16-27-29-25(34)28-20-7-5-6-19(26)15-20/h5-16H,3-4H2,1-2H3,(H2,28,29,34). The molecule has 3 aromatic rings. The molecule has 0 radical (unpaired) electrons. The Bertz CT molecular complexity index is 1170. The molecule has 176 valence electrons. The van der Waals surface area contributed by atoms with Crippen LogP contribution < -0.4 is 25.0 Å². The van der Waals surface area contributed by atoms with Crippen molar-refractivity contribution in [1.82, 2.24) is 5.43 Å². The molecule has 0 heterocycles. The minimum atomic E-state index is -0.496. The molecule has 0 aromatic heterocycles. The van der Waals surface area contributed by atoms with Crippen LogP contribution in [0.2, 0.25) is 5.02 Å². The van der Waals surface area contributed by atoms with E-state index in [-0.39, 0.29) is 0 Å². The van der Waals surface area contributed by atoms with Crippen LogP contribution in [0.25, 0.3) is 0 Å². The third-order valence-corrected chi connectivity index (χ3v) is 4.76. The number of benzene rings is 3. The summed E-state index contributed by atoms with van der Waals surface area (Å²) in [4.78, 5) is 12.6. The van der Waals surface area contributed by atoms with Crippen LogP contribution in [0.3, 0.4) is 0 Å². The Morgan fingerprint density at radius 2 is 1.76 bits per heavy atom. The van der Waals surface area contributed by atoms with E-state index in [9.17, 15) is 4.79 Å². The highest BCUT2D eigenvalue weighted by atomic mass is 35.5. The van der Waals surface area contributed by atoms with E-state index in [0.29, 0.717) is 46.2 Å². The van der Waals surface area contributed by atoms with Gasteiger partial charge in [-0.3, -0.25) is 5.43 Å². The van der Waals surface area contributed by atoms with Gasteiger partial charge in [-0.1, -0.05) is 17.7 Å². The topological polar surface area (TPSA) is 81.2 Å². The minimum Gasteiger partial charge on any atom is -0.494 e. The molecule has 0 saturated heterocycles. The highest BCUT2D eigenvalue weighted by Crippen LogP contribution is 2.29. The van der Waals surface area contributed by atoms with Gasteiger partial charge < -0.3 is 19.5 Å². The third kappa shape index (κ3) is 7.47. The number of thiocarbonyl (C=S) groups is 1. The van der Waals surface area contributed by atoms with E-state index in [1.165, 1.54) is 0 Å². The quantitative estimate of drug-likeness (QED) is 0.129. The lowest BCUT2D eigenvalue weighted by atomic mass is 10.2. The molecular formula is C25H24ClN3O4S. The molecule has 9 heteroatoms. The van der Waals surface area contributed by atoms with Gasteiger partial charge in [-0.15, -0.1) is 0 Å². The zero-order valence-electron chi connectivity index (χ0n) is 18.7. The highest BCUT2D eigenvalue weighted by molar-refractivity contribution is 7.80. The van der Waals surface area contributed by atoms with Crippen LogP contribution in [0.4, 0.5) is 5.69 Å². The van der Waals surface area contributed by atoms with Crippen molar-refractivity contribution in [3.8, 4) is 17.2 Å². The van der Waals surface area contributed by atoms with Gasteiger partial charge in [0.2, 0.25) is 0 Å². The molecule has 0 amide bonds. The number of carbonyl (C=O) groups excluding carboxylic acids is 1. The molecule has 0 atom stereocenters. The normalized spacial score (nSPS) is 10.6. The first-order valence-corrected chi connectivity index (χ1v) is 11.3. The van der Waals surface area contributed by atoms with E-state index in [1.807, 2.05) is 26.0 Å². The largest absolute Gasteiger partial charge is 0.494 e. The number of carbonyl (C=O) groups is 1. The fourth-order valence-electron chi connectivity index (χ4n) is 2.86. The van der Waals surface area contributed by atoms with Crippen molar-refractivity contribution in [3.63, 3.8) is 0 Å². The second kappa shape index (κ2) is 12.6. The first-order valence-electron chi connectivity index (χ1n) is 10.6. The van der Waals surface area contributed by atoms with Gasteiger partial charge in [-0.25, -0.2) is 4.79 Å². The van der Waals surface area contributed by atoms with E-state index in [0.717, 1.165) is 11.3 Å². The summed E-state index contributed by atoms with van der Waals surface area (Å²) < 4.78 is 16.6. The van der Waals surface area contributed by atoms with Crippen LogP contribution in [0.1, 0.15) is 29.8 Å². The minimum absolute atomic E-state index is 0.309. The number of ether oxygens (including phenoxy) is 3. The van der Waals surface area contributed by atoms with Gasteiger partial charge >= 0.3 is 5.97 Å². The molecule has 0 unspecified atom stereocenters. The molecule has 3 aromatic carbocycles. The summed E-state index contributed by atoms with van der Waals surface area (Å²) in [5, 5.41) is 8.04. The van der Waals surface area contributed by atoms with Gasteiger partial charge in [0.15, 0.2) is 16.6 Å².